The van der Waals surface area contributed by atoms with Gasteiger partial charge in [-0.2, -0.15) is 5.26 Å². The molecule has 0 aliphatic carbocycles. The molecule has 0 aliphatic rings. The molecule has 2 aromatic rings. The maximum Gasteiger partial charge on any atom is 0.136 e. The Balaban J connectivity index is 2.10. The third-order valence-electron chi connectivity index (χ3n) is 2.90. The summed E-state index contributed by atoms with van der Waals surface area (Å²) in [5.74, 6) is 0.613. The minimum atomic E-state index is 0.561. The number of hydrogen-bond acceptors (Lipinski definition) is 3. The van der Waals surface area contributed by atoms with Crippen LogP contribution >= 0.6 is 0 Å². The lowest BCUT2D eigenvalue weighted by atomic mass is 10.1. The molecule has 0 unspecified atom stereocenters. The Morgan fingerprint density at radius 1 is 1.21 bits per heavy atom. The lowest BCUT2D eigenvalue weighted by Crippen LogP contribution is -2.00. The van der Waals surface area contributed by atoms with Crippen LogP contribution in [0.1, 0.15) is 16.7 Å². The summed E-state index contributed by atoms with van der Waals surface area (Å²) >= 11 is 0. The van der Waals surface area contributed by atoms with Crippen LogP contribution in [0.15, 0.2) is 42.5 Å². The van der Waals surface area contributed by atoms with Gasteiger partial charge in [0.15, 0.2) is 0 Å². The topological polar surface area (TPSA) is 45.0 Å². The van der Waals surface area contributed by atoms with Crippen molar-refractivity contribution < 1.29 is 4.74 Å². The summed E-state index contributed by atoms with van der Waals surface area (Å²) in [7, 11) is 1.57. The van der Waals surface area contributed by atoms with Crippen molar-refractivity contribution in [1.82, 2.24) is 0 Å². The molecule has 0 aliphatic heterocycles. The maximum absolute atomic E-state index is 9.05. The summed E-state index contributed by atoms with van der Waals surface area (Å²) in [6, 6.07) is 16.0. The number of anilines is 1. The predicted molar refractivity (Wildman–Crippen MR) is 76.2 cm³/mol. The van der Waals surface area contributed by atoms with E-state index in [4.69, 9.17) is 10.00 Å². The molecule has 0 spiro atoms. The standard InChI is InChI=1S/C16H16N2O/c1-12-4-3-5-15(8-12)18-11-13-6-7-16(19-2)14(9-13)10-17/h3-9,18H,11H2,1-2H3. The fourth-order valence-electron chi connectivity index (χ4n) is 1.91. The number of nitriles is 1. The Hall–Kier alpha value is -2.47. The van der Waals surface area contributed by atoms with Gasteiger partial charge in [0.1, 0.15) is 11.8 Å². The monoisotopic (exact) mass is 252 g/mol. The van der Waals surface area contributed by atoms with Gasteiger partial charge in [-0.05, 0) is 42.3 Å². The van der Waals surface area contributed by atoms with Gasteiger partial charge in [-0.25, -0.2) is 0 Å². The first-order valence-corrected chi connectivity index (χ1v) is 6.10. The summed E-state index contributed by atoms with van der Waals surface area (Å²) in [6.07, 6.45) is 0. The SMILES string of the molecule is COc1ccc(CNc2cccc(C)c2)cc1C#N. The zero-order valence-corrected chi connectivity index (χ0v) is 11.1. The van der Waals surface area contributed by atoms with E-state index in [9.17, 15) is 0 Å². The third kappa shape index (κ3) is 3.26. The van der Waals surface area contributed by atoms with Crippen molar-refractivity contribution in [2.24, 2.45) is 0 Å². The molecule has 2 aromatic carbocycles. The molecule has 0 fully saturated rings. The van der Waals surface area contributed by atoms with Crippen LogP contribution in [0.5, 0.6) is 5.75 Å². The van der Waals surface area contributed by atoms with Gasteiger partial charge in [0.05, 0.1) is 12.7 Å². The lowest BCUT2D eigenvalue weighted by Gasteiger charge is -2.09. The van der Waals surface area contributed by atoms with Gasteiger partial charge in [0.2, 0.25) is 0 Å². The molecular weight excluding hydrogens is 236 g/mol. The molecule has 0 atom stereocenters. The Bertz CT molecular complexity index is 614. The van der Waals surface area contributed by atoms with Crippen molar-refractivity contribution in [2.45, 2.75) is 13.5 Å². The number of methoxy groups -OCH3 is 1. The van der Waals surface area contributed by atoms with Crippen LogP contribution in [-0.2, 0) is 6.54 Å². The van der Waals surface area contributed by atoms with Gasteiger partial charge in [-0.15, -0.1) is 0 Å². The van der Waals surface area contributed by atoms with E-state index in [-0.39, 0.29) is 0 Å². The molecule has 2 rings (SSSR count). The van der Waals surface area contributed by atoms with Crippen LogP contribution in [0.25, 0.3) is 0 Å². The van der Waals surface area contributed by atoms with E-state index in [0.717, 1.165) is 11.3 Å². The molecule has 3 nitrogen and oxygen atoms in total. The van der Waals surface area contributed by atoms with E-state index in [1.54, 1.807) is 7.11 Å². The van der Waals surface area contributed by atoms with Gasteiger partial charge in [0, 0.05) is 12.2 Å². The van der Waals surface area contributed by atoms with Crippen molar-refractivity contribution in [2.75, 3.05) is 12.4 Å². The van der Waals surface area contributed by atoms with E-state index in [0.29, 0.717) is 17.9 Å². The Kier molecular flexibility index (Phi) is 4.04. The van der Waals surface area contributed by atoms with Crippen LogP contribution in [0.2, 0.25) is 0 Å². The second-order valence-electron chi connectivity index (χ2n) is 4.37. The highest BCUT2D eigenvalue weighted by Crippen LogP contribution is 2.19. The molecule has 3 heteroatoms. The molecule has 0 heterocycles. The molecule has 0 saturated carbocycles. The molecule has 19 heavy (non-hydrogen) atoms. The molecule has 96 valence electrons. The molecule has 0 bridgehead atoms. The van der Waals surface area contributed by atoms with Crippen LogP contribution in [0, 0.1) is 18.3 Å². The average Bonchev–Trinajstić information content (AvgIpc) is 2.45. The van der Waals surface area contributed by atoms with Crippen LogP contribution in [0.4, 0.5) is 5.69 Å². The van der Waals surface area contributed by atoms with Gasteiger partial charge >= 0.3 is 0 Å². The average molecular weight is 252 g/mol. The fraction of sp³-hybridized carbons (Fsp3) is 0.188. The van der Waals surface area contributed by atoms with Crippen molar-refractivity contribution >= 4 is 5.69 Å². The van der Waals surface area contributed by atoms with Crippen LogP contribution in [-0.4, -0.2) is 7.11 Å². The largest absolute Gasteiger partial charge is 0.495 e. The molecule has 1 N–H and O–H groups in total. The van der Waals surface area contributed by atoms with E-state index in [1.165, 1.54) is 5.56 Å². The Morgan fingerprint density at radius 3 is 2.74 bits per heavy atom. The first-order chi connectivity index (χ1) is 9.22. The quantitative estimate of drug-likeness (QED) is 0.906. The minimum Gasteiger partial charge on any atom is -0.495 e. The van der Waals surface area contributed by atoms with Gasteiger partial charge < -0.3 is 10.1 Å². The smallest absolute Gasteiger partial charge is 0.136 e. The summed E-state index contributed by atoms with van der Waals surface area (Å²) in [4.78, 5) is 0. The van der Waals surface area contributed by atoms with Crippen molar-refractivity contribution in [3.63, 3.8) is 0 Å². The van der Waals surface area contributed by atoms with E-state index >= 15 is 0 Å². The zero-order valence-electron chi connectivity index (χ0n) is 11.1. The fourth-order valence-corrected chi connectivity index (χ4v) is 1.91. The Labute approximate surface area is 113 Å². The number of hydrogen-bond donors (Lipinski definition) is 1. The van der Waals surface area contributed by atoms with Crippen molar-refractivity contribution in [1.29, 1.82) is 5.26 Å². The highest BCUT2D eigenvalue weighted by Gasteiger charge is 2.03. The number of nitrogens with zero attached hydrogens (tertiary/aromatic N) is 1. The summed E-state index contributed by atoms with van der Waals surface area (Å²) in [6.45, 7) is 2.74. The van der Waals surface area contributed by atoms with Crippen LogP contribution in [0.3, 0.4) is 0 Å². The normalized spacial score (nSPS) is 9.74. The lowest BCUT2D eigenvalue weighted by molar-refractivity contribution is 0.413. The number of nitrogens with one attached hydrogen (secondary N) is 1. The van der Waals surface area contributed by atoms with Crippen molar-refractivity contribution in [3.8, 4) is 11.8 Å². The molecule has 0 amide bonds. The number of rotatable bonds is 4. The van der Waals surface area contributed by atoms with E-state index in [1.807, 2.05) is 30.3 Å². The van der Waals surface area contributed by atoms with Crippen LogP contribution < -0.4 is 10.1 Å². The van der Waals surface area contributed by atoms with Gasteiger partial charge in [-0.3, -0.25) is 0 Å². The number of benzene rings is 2. The minimum absolute atomic E-state index is 0.561. The third-order valence-corrected chi connectivity index (χ3v) is 2.90. The molecular formula is C16H16N2O. The second kappa shape index (κ2) is 5.92. The maximum atomic E-state index is 9.05. The van der Waals surface area contributed by atoms with E-state index in [2.05, 4.69) is 30.4 Å². The number of aryl methyl sites for hydroxylation is 1. The first-order valence-electron chi connectivity index (χ1n) is 6.10. The molecule has 0 saturated heterocycles. The number of ether oxygens (including phenoxy) is 1. The van der Waals surface area contributed by atoms with Crippen molar-refractivity contribution in [3.05, 3.63) is 59.2 Å². The summed E-state index contributed by atoms with van der Waals surface area (Å²) in [5.41, 5.74) is 3.91. The van der Waals surface area contributed by atoms with Gasteiger partial charge in [-0.1, -0.05) is 18.2 Å². The Morgan fingerprint density at radius 2 is 2.05 bits per heavy atom. The van der Waals surface area contributed by atoms with E-state index < -0.39 is 0 Å². The summed E-state index contributed by atoms with van der Waals surface area (Å²) < 4.78 is 5.13. The second-order valence-corrected chi connectivity index (χ2v) is 4.37. The highest BCUT2D eigenvalue weighted by molar-refractivity contribution is 5.48. The molecule has 0 radical (unpaired) electrons. The predicted octanol–water partition coefficient (Wildman–Crippen LogP) is 3.49. The highest BCUT2D eigenvalue weighted by atomic mass is 16.5. The first kappa shape index (κ1) is 13.0. The van der Waals surface area contributed by atoms with Gasteiger partial charge in [0.25, 0.3) is 0 Å². The zero-order chi connectivity index (χ0) is 13.7. The summed E-state index contributed by atoms with van der Waals surface area (Å²) in [5, 5.41) is 12.4. The molecule has 0 aromatic heterocycles.